The summed E-state index contributed by atoms with van der Waals surface area (Å²) in [4.78, 5) is 24.0. The van der Waals surface area contributed by atoms with E-state index in [1.807, 2.05) is 5.32 Å². The highest BCUT2D eigenvalue weighted by atomic mass is 19.4. The number of amides is 2. The molecule has 126 valence electrons. The average molecular weight is 320 g/mol. The molecular formula is C15H23F3N2O2. The molecule has 4 nitrogen and oxygen atoms in total. The van der Waals surface area contributed by atoms with Crippen LogP contribution in [0.5, 0.6) is 0 Å². The monoisotopic (exact) mass is 320 g/mol. The van der Waals surface area contributed by atoms with Gasteiger partial charge in [0.15, 0.2) is 0 Å². The minimum Gasteiger partial charge on any atom is -0.353 e. The lowest BCUT2D eigenvalue weighted by atomic mass is 9.91. The summed E-state index contributed by atoms with van der Waals surface area (Å²) in [6.07, 6.45) is 2.60. The Morgan fingerprint density at radius 2 is 1.59 bits per heavy atom. The molecule has 2 amide bonds. The summed E-state index contributed by atoms with van der Waals surface area (Å²) in [6, 6.07) is -1.79. The van der Waals surface area contributed by atoms with Gasteiger partial charge >= 0.3 is 6.18 Å². The first-order chi connectivity index (χ1) is 10.4. The second-order valence-electron chi connectivity index (χ2n) is 6.28. The van der Waals surface area contributed by atoms with Gasteiger partial charge in [0.25, 0.3) is 0 Å². The summed E-state index contributed by atoms with van der Waals surface area (Å²) >= 11 is 0. The second kappa shape index (κ2) is 7.33. The molecule has 1 aliphatic heterocycles. The van der Waals surface area contributed by atoms with Crippen LogP contribution >= 0.6 is 0 Å². The first-order valence-electron chi connectivity index (χ1n) is 8.05. The fourth-order valence-electron chi connectivity index (χ4n) is 3.21. The first-order valence-corrected chi connectivity index (χ1v) is 8.05. The van der Waals surface area contributed by atoms with Crippen molar-refractivity contribution in [2.75, 3.05) is 0 Å². The summed E-state index contributed by atoms with van der Waals surface area (Å²) in [5.41, 5.74) is 0. The number of hydrogen-bond acceptors (Lipinski definition) is 2. The highest BCUT2D eigenvalue weighted by Crippen LogP contribution is 2.28. The normalized spacial score (nSPS) is 28.4. The Morgan fingerprint density at radius 3 is 2.14 bits per heavy atom. The molecule has 2 fully saturated rings. The van der Waals surface area contributed by atoms with Crippen molar-refractivity contribution in [1.82, 2.24) is 10.6 Å². The van der Waals surface area contributed by atoms with Gasteiger partial charge in [0.05, 0.1) is 0 Å². The van der Waals surface area contributed by atoms with Crippen LogP contribution in [0.25, 0.3) is 0 Å². The molecule has 1 heterocycles. The maximum absolute atomic E-state index is 12.6. The lowest BCUT2D eigenvalue weighted by molar-refractivity contribution is -0.171. The number of alkyl halides is 3. The van der Waals surface area contributed by atoms with Crippen LogP contribution in [0, 0.1) is 5.92 Å². The quantitative estimate of drug-likeness (QED) is 0.769. The third kappa shape index (κ3) is 4.61. The Hall–Kier alpha value is -1.27. The van der Waals surface area contributed by atoms with Crippen molar-refractivity contribution in [2.45, 2.75) is 76.0 Å². The molecule has 0 aromatic rings. The number of rotatable bonds is 2. The Balaban J connectivity index is 1.86. The number of halogens is 3. The van der Waals surface area contributed by atoms with Gasteiger partial charge in [0.2, 0.25) is 11.8 Å². The molecule has 0 bridgehead atoms. The van der Waals surface area contributed by atoms with E-state index in [2.05, 4.69) is 5.32 Å². The molecule has 2 aliphatic rings. The van der Waals surface area contributed by atoms with Crippen LogP contribution in [0.15, 0.2) is 0 Å². The zero-order chi connectivity index (χ0) is 16.2. The highest BCUT2D eigenvalue weighted by Gasteiger charge is 2.46. The minimum absolute atomic E-state index is 0.0425. The van der Waals surface area contributed by atoms with Gasteiger partial charge in [-0.15, -0.1) is 0 Å². The van der Waals surface area contributed by atoms with Crippen molar-refractivity contribution < 1.29 is 22.8 Å². The Morgan fingerprint density at radius 1 is 1.00 bits per heavy atom. The van der Waals surface area contributed by atoms with Crippen LogP contribution in [0.4, 0.5) is 13.2 Å². The fraction of sp³-hybridized carbons (Fsp3) is 0.867. The molecule has 1 saturated carbocycles. The van der Waals surface area contributed by atoms with Gasteiger partial charge < -0.3 is 10.6 Å². The number of piperidine rings is 1. The molecule has 1 saturated heterocycles. The third-order valence-electron chi connectivity index (χ3n) is 4.54. The van der Waals surface area contributed by atoms with Crippen LogP contribution in [0.2, 0.25) is 0 Å². The predicted octanol–water partition coefficient (Wildman–Crippen LogP) is 2.67. The first kappa shape index (κ1) is 17.1. The van der Waals surface area contributed by atoms with E-state index in [1.54, 1.807) is 0 Å². The van der Waals surface area contributed by atoms with Gasteiger partial charge in [-0.05, 0) is 25.7 Å². The molecule has 1 aliphatic carbocycles. The maximum Gasteiger partial charge on any atom is 0.408 e. The van der Waals surface area contributed by atoms with Crippen molar-refractivity contribution in [3.63, 3.8) is 0 Å². The molecule has 2 atom stereocenters. The molecule has 0 aromatic heterocycles. The van der Waals surface area contributed by atoms with Crippen molar-refractivity contribution in [2.24, 2.45) is 5.92 Å². The smallest absolute Gasteiger partial charge is 0.353 e. The molecule has 22 heavy (non-hydrogen) atoms. The summed E-state index contributed by atoms with van der Waals surface area (Å²) in [6.45, 7) is 0. The van der Waals surface area contributed by atoms with Crippen molar-refractivity contribution in [1.29, 1.82) is 0 Å². The van der Waals surface area contributed by atoms with Gasteiger partial charge in [-0.1, -0.05) is 32.1 Å². The SMILES string of the molecule is O=C(NC1CCCCCCC1)[C@H]1CC[C@@H](C(F)(F)F)NC1=O. The van der Waals surface area contributed by atoms with Gasteiger partial charge in [-0.3, -0.25) is 9.59 Å². The predicted molar refractivity (Wildman–Crippen MR) is 75.0 cm³/mol. The van der Waals surface area contributed by atoms with Crippen LogP contribution < -0.4 is 10.6 Å². The zero-order valence-electron chi connectivity index (χ0n) is 12.5. The van der Waals surface area contributed by atoms with Crippen LogP contribution in [0.3, 0.4) is 0 Å². The van der Waals surface area contributed by atoms with Crippen LogP contribution in [-0.4, -0.2) is 30.1 Å². The molecule has 0 unspecified atom stereocenters. The van der Waals surface area contributed by atoms with E-state index in [4.69, 9.17) is 0 Å². The zero-order valence-corrected chi connectivity index (χ0v) is 12.5. The van der Waals surface area contributed by atoms with Crippen molar-refractivity contribution >= 4 is 11.8 Å². The van der Waals surface area contributed by atoms with Gasteiger partial charge in [-0.25, -0.2) is 0 Å². The summed E-state index contributed by atoms with van der Waals surface area (Å²) in [5, 5.41) is 4.78. The van der Waals surface area contributed by atoms with Crippen molar-refractivity contribution in [3.8, 4) is 0 Å². The topological polar surface area (TPSA) is 58.2 Å². The molecular weight excluding hydrogens is 297 g/mol. The van der Waals surface area contributed by atoms with Crippen LogP contribution in [-0.2, 0) is 9.59 Å². The molecule has 7 heteroatoms. The molecule has 2 N–H and O–H groups in total. The molecule has 0 spiro atoms. The summed E-state index contributed by atoms with van der Waals surface area (Å²) in [7, 11) is 0. The Kier molecular flexibility index (Phi) is 5.69. The van der Waals surface area contributed by atoms with Crippen molar-refractivity contribution in [3.05, 3.63) is 0 Å². The second-order valence-corrected chi connectivity index (χ2v) is 6.28. The van der Waals surface area contributed by atoms with E-state index in [0.717, 1.165) is 38.5 Å². The fourth-order valence-corrected chi connectivity index (χ4v) is 3.21. The third-order valence-corrected chi connectivity index (χ3v) is 4.54. The van der Waals surface area contributed by atoms with E-state index in [0.29, 0.717) is 0 Å². The minimum atomic E-state index is -4.45. The van der Waals surface area contributed by atoms with E-state index < -0.39 is 30.0 Å². The average Bonchev–Trinajstić information content (AvgIpc) is 2.40. The number of carbonyl (C=O) groups is 2. The summed E-state index contributed by atoms with van der Waals surface area (Å²) in [5.74, 6) is -2.23. The van der Waals surface area contributed by atoms with Crippen LogP contribution in [0.1, 0.15) is 57.8 Å². The maximum atomic E-state index is 12.6. The van der Waals surface area contributed by atoms with E-state index in [-0.39, 0.29) is 18.9 Å². The molecule has 2 rings (SSSR count). The lowest BCUT2D eigenvalue weighted by Gasteiger charge is -2.31. The molecule has 0 aromatic carbocycles. The van der Waals surface area contributed by atoms with Gasteiger partial charge in [0, 0.05) is 6.04 Å². The number of carbonyl (C=O) groups excluding carboxylic acids is 2. The number of nitrogens with one attached hydrogen (secondary N) is 2. The van der Waals surface area contributed by atoms with Gasteiger partial charge in [-0.2, -0.15) is 13.2 Å². The summed E-state index contributed by atoms with van der Waals surface area (Å²) < 4.78 is 37.8. The Labute approximate surface area is 128 Å². The van der Waals surface area contributed by atoms with E-state index in [9.17, 15) is 22.8 Å². The highest BCUT2D eigenvalue weighted by molar-refractivity contribution is 6.01. The number of hydrogen-bond donors (Lipinski definition) is 2. The standard InChI is InChI=1S/C15H23F3N2O2/c16-15(17,18)12-9-8-11(14(22)20-12)13(21)19-10-6-4-2-1-3-5-7-10/h10-12H,1-9H2,(H,19,21)(H,20,22)/t11-,12+/m1/s1. The van der Waals surface area contributed by atoms with E-state index in [1.165, 1.54) is 6.42 Å². The largest absolute Gasteiger partial charge is 0.408 e. The Bertz CT molecular complexity index is 404. The van der Waals surface area contributed by atoms with E-state index >= 15 is 0 Å². The lowest BCUT2D eigenvalue weighted by Crippen LogP contribution is -2.55. The molecule has 0 radical (unpaired) electrons. The van der Waals surface area contributed by atoms with Gasteiger partial charge in [0.1, 0.15) is 12.0 Å².